The molecule has 4 nitrogen and oxygen atoms in total. The van der Waals surface area contributed by atoms with Crippen LogP contribution in [0.4, 0.5) is 0 Å². The van der Waals surface area contributed by atoms with Gasteiger partial charge in [0.05, 0.1) is 11.5 Å². The second-order valence-electron chi connectivity index (χ2n) is 5.65. The number of halogens is 1. The Kier molecular flexibility index (Phi) is 9.14. The average molecular weight is 329 g/mol. The highest BCUT2D eigenvalue weighted by atomic mass is 35.5. The Morgan fingerprint density at radius 1 is 1.27 bits per heavy atom. The number of para-hydroxylation sites is 1. The van der Waals surface area contributed by atoms with Gasteiger partial charge >= 0.3 is 0 Å². The molecule has 22 heavy (non-hydrogen) atoms. The maximum absolute atomic E-state index is 12.4. The van der Waals surface area contributed by atoms with Gasteiger partial charge in [-0.1, -0.05) is 32.0 Å². The first-order valence-corrected chi connectivity index (χ1v) is 7.72. The fourth-order valence-electron chi connectivity index (χ4n) is 2.33. The van der Waals surface area contributed by atoms with E-state index < -0.39 is 5.41 Å². The number of amides is 1. The maximum atomic E-state index is 12.4. The quantitative estimate of drug-likeness (QED) is 0.769. The summed E-state index contributed by atoms with van der Waals surface area (Å²) in [4.78, 5) is 12.4. The van der Waals surface area contributed by atoms with E-state index in [2.05, 4.69) is 5.32 Å². The molecule has 0 spiro atoms. The maximum Gasteiger partial charge on any atom is 0.227 e. The lowest BCUT2D eigenvalue weighted by molar-refractivity contribution is -0.131. The van der Waals surface area contributed by atoms with E-state index in [1.807, 2.05) is 52.0 Å². The van der Waals surface area contributed by atoms with Crippen LogP contribution in [0.3, 0.4) is 0 Å². The lowest BCUT2D eigenvalue weighted by Gasteiger charge is -2.28. The zero-order valence-corrected chi connectivity index (χ0v) is 14.8. The first-order chi connectivity index (χ1) is 9.99. The highest BCUT2D eigenvalue weighted by Gasteiger charge is 2.33. The molecular weight excluding hydrogens is 300 g/mol. The number of carbonyl (C=O) groups excluding carboxylic acids is 1. The lowest BCUT2D eigenvalue weighted by atomic mass is 9.81. The van der Waals surface area contributed by atoms with E-state index in [1.165, 1.54) is 0 Å². The summed E-state index contributed by atoms with van der Waals surface area (Å²) in [6.07, 6.45) is 1.60. The van der Waals surface area contributed by atoms with E-state index in [1.54, 1.807) is 0 Å². The first-order valence-electron chi connectivity index (χ1n) is 7.72. The Morgan fingerprint density at radius 2 is 1.86 bits per heavy atom. The van der Waals surface area contributed by atoms with Gasteiger partial charge < -0.3 is 15.8 Å². The monoisotopic (exact) mass is 328 g/mol. The van der Waals surface area contributed by atoms with E-state index >= 15 is 0 Å². The van der Waals surface area contributed by atoms with Crippen LogP contribution < -0.4 is 15.8 Å². The summed E-state index contributed by atoms with van der Waals surface area (Å²) in [6, 6.07) is 7.78. The number of nitrogens with one attached hydrogen (secondary N) is 1. The fourth-order valence-corrected chi connectivity index (χ4v) is 2.33. The van der Waals surface area contributed by atoms with Crippen LogP contribution in [0.5, 0.6) is 5.75 Å². The van der Waals surface area contributed by atoms with Crippen LogP contribution in [0.2, 0.25) is 0 Å². The minimum atomic E-state index is -0.464. The molecule has 1 aromatic carbocycles. The number of hydrogen-bond acceptors (Lipinski definition) is 3. The molecule has 0 bridgehead atoms. The predicted molar refractivity (Wildman–Crippen MR) is 93.4 cm³/mol. The molecule has 0 atom stereocenters. The van der Waals surface area contributed by atoms with E-state index in [0.717, 1.165) is 24.2 Å². The van der Waals surface area contributed by atoms with Crippen LogP contribution in [0, 0.1) is 5.41 Å². The summed E-state index contributed by atoms with van der Waals surface area (Å²) in [6.45, 7) is 8.82. The van der Waals surface area contributed by atoms with Crippen molar-refractivity contribution in [2.45, 2.75) is 53.2 Å². The third-order valence-corrected chi connectivity index (χ3v) is 4.00. The van der Waals surface area contributed by atoms with Crippen molar-refractivity contribution in [3.05, 3.63) is 29.8 Å². The van der Waals surface area contributed by atoms with Crippen molar-refractivity contribution in [3.8, 4) is 5.75 Å². The number of nitrogens with two attached hydrogens (primary N) is 1. The predicted octanol–water partition coefficient (Wildman–Crippen LogP) is 3.28. The van der Waals surface area contributed by atoms with Gasteiger partial charge in [0.1, 0.15) is 5.75 Å². The van der Waals surface area contributed by atoms with E-state index in [9.17, 15) is 4.79 Å². The van der Waals surface area contributed by atoms with Gasteiger partial charge in [0, 0.05) is 18.7 Å². The number of carbonyl (C=O) groups is 1. The molecule has 1 amide bonds. The molecule has 0 aromatic heterocycles. The SMILES string of the molecule is CCC(CC)(CN)C(=O)NCc1ccccc1OC(C)C.Cl. The molecule has 5 heteroatoms. The van der Waals surface area contributed by atoms with Gasteiger partial charge in [0.2, 0.25) is 5.91 Å². The van der Waals surface area contributed by atoms with Gasteiger partial charge in [0.25, 0.3) is 0 Å². The van der Waals surface area contributed by atoms with Crippen LogP contribution >= 0.6 is 12.4 Å². The summed E-state index contributed by atoms with van der Waals surface area (Å²) in [5.74, 6) is 0.841. The standard InChI is InChI=1S/C17H28N2O2.ClH/c1-5-17(6-2,12-18)16(20)19-11-14-9-7-8-10-15(14)21-13(3)4;/h7-10,13H,5-6,11-12,18H2,1-4H3,(H,19,20);1H. The summed E-state index contributed by atoms with van der Waals surface area (Å²) >= 11 is 0. The molecule has 0 aliphatic rings. The van der Waals surface area contributed by atoms with Crippen molar-refractivity contribution < 1.29 is 9.53 Å². The van der Waals surface area contributed by atoms with Crippen molar-refractivity contribution in [2.24, 2.45) is 11.1 Å². The average Bonchev–Trinajstić information content (AvgIpc) is 2.48. The first kappa shape index (κ1) is 20.7. The Bertz CT molecular complexity index is 451. The topological polar surface area (TPSA) is 64.4 Å². The zero-order chi connectivity index (χ0) is 15.9. The van der Waals surface area contributed by atoms with Gasteiger partial charge in [-0.05, 0) is 32.8 Å². The van der Waals surface area contributed by atoms with Crippen molar-refractivity contribution in [3.63, 3.8) is 0 Å². The molecule has 0 saturated carbocycles. The molecule has 1 aromatic rings. The van der Waals surface area contributed by atoms with Crippen molar-refractivity contribution >= 4 is 18.3 Å². The molecular formula is C17H29ClN2O2. The van der Waals surface area contributed by atoms with Gasteiger partial charge in [-0.3, -0.25) is 4.79 Å². The summed E-state index contributed by atoms with van der Waals surface area (Å²) < 4.78 is 5.77. The van der Waals surface area contributed by atoms with Crippen LogP contribution in [-0.2, 0) is 11.3 Å². The number of hydrogen-bond donors (Lipinski definition) is 2. The second-order valence-corrected chi connectivity index (χ2v) is 5.65. The van der Waals surface area contributed by atoms with Gasteiger partial charge in [-0.25, -0.2) is 0 Å². The molecule has 1 rings (SSSR count). The molecule has 0 radical (unpaired) electrons. The highest BCUT2D eigenvalue weighted by Crippen LogP contribution is 2.26. The van der Waals surface area contributed by atoms with Crippen molar-refractivity contribution in [1.82, 2.24) is 5.32 Å². The molecule has 3 N–H and O–H groups in total. The van der Waals surface area contributed by atoms with E-state index in [0.29, 0.717) is 13.1 Å². The van der Waals surface area contributed by atoms with Crippen molar-refractivity contribution in [2.75, 3.05) is 6.54 Å². The van der Waals surface area contributed by atoms with Crippen LogP contribution in [-0.4, -0.2) is 18.6 Å². The Morgan fingerprint density at radius 3 is 2.36 bits per heavy atom. The highest BCUT2D eigenvalue weighted by molar-refractivity contribution is 5.85. The summed E-state index contributed by atoms with van der Waals surface area (Å²) in [5, 5.41) is 3.01. The molecule has 0 fully saturated rings. The largest absolute Gasteiger partial charge is 0.491 e. The molecule has 0 heterocycles. The lowest BCUT2D eigenvalue weighted by Crippen LogP contribution is -2.45. The molecule has 126 valence electrons. The van der Waals surface area contributed by atoms with Crippen molar-refractivity contribution in [1.29, 1.82) is 0 Å². The van der Waals surface area contributed by atoms with Gasteiger partial charge in [-0.15, -0.1) is 12.4 Å². The minimum Gasteiger partial charge on any atom is -0.491 e. The molecule has 0 saturated heterocycles. The van der Waals surface area contributed by atoms with Crippen LogP contribution in [0.15, 0.2) is 24.3 Å². The van der Waals surface area contributed by atoms with E-state index in [4.69, 9.17) is 10.5 Å². The minimum absolute atomic E-state index is 0. The third kappa shape index (κ3) is 5.18. The van der Waals surface area contributed by atoms with Crippen LogP contribution in [0.1, 0.15) is 46.1 Å². The second kappa shape index (κ2) is 9.70. The van der Waals surface area contributed by atoms with E-state index in [-0.39, 0.29) is 24.4 Å². The number of ether oxygens (including phenoxy) is 1. The number of benzene rings is 1. The summed E-state index contributed by atoms with van der Waals surface area (Å²) in [5.41, 5.74) is 6.33. The third-order valence-electron chi connectivity index (χ3n) is 4.00. The Hall–Kier alpha value is -1.26. The Balaban J connectivity index is 0.00000441. The molecule has 0 aliphatic heterocycles. The molecule has 0 aliphatic carbocycles. The van der Waals surface area contributed by atoms with Gasteiger partial charge in [0.15, 0.2) is 0 Å². The zero-order valence-electron chi connectivity index (χ0n) is 14.0. The summed E-state index contributed by atoms with van der Waals surface area (Å²) in [7, 11) is 0. The normalized spacial score (nSPS) is 11.0. The fraction of sp³-hybridized carbons (Fsp3) is 0.588. The van der Waals surface area contributed by atoms with Gasteiger partial charge in [-0.2, -0.15) is 0 Å². The Labute approximate surface area is 140 Å². The smallest absolute Gasteiger partial charge is 0.227 e. The number of rotatable bonds is 8. The van der Waals surface area contributed by atoms with Crippen LogP contribution in [0.25, 0.3) is 0 Å². The molecule has 0 unspecified atom stereocenters.